The smallest absolute Gasteiger partial charge is 0.231 e. The lowest BCUT2D eigenvalue weighted by Crippen LogP contribution is -2.48. The monoisotopic (exact) mass is 180 g/mol. The summed E-state index contributed by atoms with van der Waals surface area (Å²) in [5.41, 5.74) is 0. The van der Waals surface area contributed by atoms with Gasteiger partial charge in [0.15, 0.2) is 5.82 Å². The summed E-state index contributed by atoms with van der Waals surface area (Å²) in [5, 5.41) is 9.86. The van der Waals surface area contributed by atoms with Crippen molar-refractivity contribution in [1.29, 1.82) is 0 Å². The quantitative estimate of drug-likeness (QED) is 0.649. The van der Waals surface area contributed by atoms with Crippen LogP contribution in [0, 0.1) is 5.92 Å². The van der Waals surface area contributed by atoms with Gasteiger partial charge in [-0.3, -0.25) is 9.48 Å². The first-order valence-electron chi connectivity index (χ1n) is 4.27. The number of aryl methyl sites for hydroxylation is 1. The predicted octanol–water partition coefficient (Wildman–Crippen LogP) is -0.422. The average Bonchev–Trinajstić information content (AvgIpc) is 2.31. The molecule has 0 atom stereocenters. The first kappa shape index (κ1) is 8.25. The fourth-order valence-electron chi connectivity index (χ4n) is 1.18. The molecule has 5 nitrogen and oxygen atoms in total. The number of carbonyl (C=O) groups excluding carboxylic acids is 1. The highest BCUT2D eigenvalue weighted by atomic mass is 16.2. The Morgan fingerprint density at radius 1 is 1.77 bits per heavy atom. The third-order valence-electron chi connectivity index (χ3n) is 2.12. The Hall–Kier alpha value is -1.36. The molecule has 2 rings (SSSR count). The van der Waals surface area contributed by atoms with Crippen LogP contribution in [0.25, 0.3) is 0 Å². The van der Waals surface area contributed by atoms with Crippen LogP contribution in [0.1, 0.15) is 0 Å². The van der Waals surface area contributed by atoms with Gasteiger partial charge in [0.2, 0.25) is 5.91 Å². The Morgan fingerprint density at radius 3 is 3.00 bits per heavy atom. The van der Waals surface area contributed by atoms with E-state index in [0.29, 0.717) is 5.82 Å². The second kappa shape index (κ2) is 3.18. The molecular formula is C8H12N4O. The van der Waals surface area contributed by atoms with Crippen molar-refractivity contribution >= 4 is 11.7 Å². The van der Waals surface area contributed by atoms with E-state index in [1.807, 2.05) is 7.05 Å². The molecule has 0 aromatic carbocycles. The highest BCUT2D eigenvalue weighted by molar-refractivity contribution is 5.92. The van der Waals surface area contributed by atoms with Gasteiger partial charge in [0.25, 0.3) is 0 Å². The molecule has 0 radical (unpaired) electrons. The highest BCUT2D eigenvalue weighted by Crippen LogP contribution is 2.07. The van der Waals surface area contributed by atoms with Crippen molar-refractivity contribution < 1.29 is 4.79 Å². The van der Waals surface area contributed by atoms with E-state index in [0.717, 1.165) is 13.1 Å². The summed E-state index contributed by atoms with van der Waals surface area (Å²) < 4.78 is 1.66. The Bertz CT molecular complexity index is 316. The number of nitrogens with zero attached hydrogens (tertiary/aromatic N) is 2. The molecule has 0 aliphatic carbocycles. The van der Waals surface area contributed by atoms with Gasteiger partial charge >= 0.3 is 0 Å². The van der Waals surface area contributed by atoms with Crippen molar-refractivity contribution in [2.45, 2.75) is 0 Å². The minimum Gasteiger partial charge on any atom is -0.315 e. The summed E-state index contributed by atoms with van der Waals surface area (Å²) in [6.07, 6.45) is 1.80. The molecule has 5 heteroatoms. The summed E-state index contributed by atoms with van der Waals surface area (Å²) >= 11 is 0. The molecule has 1 aliphatic heterocycles. The zero-order chi connectivity index (χ0) is 9.26. The van der Waals surface area contributed by atoms with Gasteiger partial charge in [0.1, 0.15) is 0 Å². The van der Waals surface area contributed by atoms with Gasteiger partial charge in [-0.05, 0) is 0 Å². The second-order valence-corrected chi connectivity index (χ2v) is 3.22. The molecule has 1 aromatic heterocycles. The Morgan fingerprint density at radius 2 is 2.54 bits per heavy atom. The van der Waals surface area contributed by atoms with Gasteiger partial charge in [0.05, 0.1) is 5.92 Å². The van der Waals surface area contributed by atoms with Crippen LogP contribution < -0.4 is 10.6 Å². The molecule has 0 unspecified atom stereocenters. The number of nitrogens with one attached hydrogen (secondary N) is 2. The minimum atomic E-state index is 0.0532. The predicted molar refractivity (Wildman–Crippen MR) is 48.2 cm³/mol. The zero-order valence-corrected chi connectivity index (χ0v) is 7.45. The number of hydrogen-bond donors (Lipinski definition) is 2. The minimum absolute atomic E-state index is 0.0532. The van der Waals surface area contributed by atoms with Gasteiger partial charge < -0.3 is 10.6 Å². The normalized spacial score (nSPS) is 16.7. The van der Waals surface area contributed by atoms with E-state index in [2.05, 4.69) is 15.7 Å². The SMILES string of the molecule is Cn1ccc(NC(=O)C2CNC2)n1. The van der Waals surface area contributed by atoms with Crippen molar-refractivity contribution in [3.63, 3.8) is 0 Å². The fourth-order valence-corrected chi connectivity index (χ4v) is 1.18. The zero-order valence-electron chi connectivity index (χ0n) is 7.45. The summed E-state index contributed by atoms with van der Waals surface area (Å²) in [4.78, 5) is 11.4. The summed E-state index contributed by atoms with van der Waals surface area (Å²) in [6, 6.07) is 1.78. The van der Waals surface area contributed by atoms with Crippen LogP contribution in [-0.2, 0) is 11.8 Å². The van der Waals surface area contributed by atoms with E-state index in [4.69, 9.17) is 0 Å². The molecule has 1 fully saturated rings. The van der Waals surface area contributed by atoms with Gasteiger partial charge in [-0.15, -0.1) is 0 Å². The molecule has 13 heavy (non-hydrogen) atoms. The molecule has 1 saturated heterocycles. The van der Waals surface area contributed by atoms with E-state index in [-0.39, 0.29) is 11.8 Å². The van der Waals surface area contributed by atoms with Gasteiger partial charge in [-0.25, -0.2) is 0 Å². The molecule has 0 saturated carbocycles. The van der Waals surface area contributed by atoms with E-state index in [9.17, 15) is 4.79 Å². The molecule has 1 aromatic rings. The maximum atomic E-state index is 11.4. The van der Waals surface area contributed by atoms with Crippen molar-refractivity contribution in [2.75, 3.05) is 18.4 Å². The van der Waals surface area contributed by atoms with Gasteiger partial charge in [0, 0.05) is 32.4 Å². The molecule has 2 heterocycles. The lowest BCUT2D eigenvalue weighted by Gasteiger charge is -2.25. The molecule has 2 N–H and O–H groups in total. The summed E-state index contributed by atoms with van der Waals surface area (Å²) in [6.45, 7) is 1.55. The largest absolute Gasteiger partial charge is 0.315 e. The molecule has 1 amide bonds. The van der Waals surface area contributed by atoms with Crippen LogP contribution in [0.5, 0.6) is 0 Å². The van der Waals surface area contributed by atoms with Gasteiger partial charge in [-0.1, -0.05) is 0 Å². The van der Waals surface area contributed by atoms with E-state index in [1.165, 1.54) is 0 Å². The van der Waals surface area contributed by atoms with Crippen LogP contribution in [0.3, 0.4) is 0 Å². The van der Waals surface area contributed by atoms with E-state index < -0.39 is 0 Å². The number of hydrogen-bond acceptors (Lipinski definition) is 3. The number of anilines is 1. The molecule has 1 aliphatic rings. The maximum Gasteiger partial charge on any atom is 0.231 e. The van der Waals surface area contributed by atoms with Crippen molar-refractivity contribution in [1.82, 2.24) is 15.1 Å². The van der Waals surface area contributed by atoms with E-state index in [1.54, 1.807) is 16.9 Å². The van der Waals surface area contributed by atoms with Gasteiger partial charge in [-0.2, -0.15) is 5.10 Å². The lowest BCUT2D eigenvalue weighted by molar-refractivity contribution is -0.121. The Labute approximate surface area is 76.1 Å². The van der Waals surface area contributed by atoms with Crippen LogP contribution in [-0.4, -0.2) is 28.8 Å². The second-order valence-electron chi connectivity index (χ2n) is 3.22. The molecular weight excluding hydrogens is 168 g/mol. The van der Waals surface area contributed by atoms with E-state index >= 15 is 0 Å². The maximum absolute atomic E-state index is 11.4. The third kappa shape index (κ3) is 1.70. The van der Waals surface area contributed by atoms with Crippen LogP contribution >= 0.6 is 0 Å². The number of amides is 1. The van der Waals surface area contributed by atoms with Crippen molar-refractivity contribution in [3.05, 3.63) is 12.3 Å². The Balaban J connectivity index is 1.93. The third-order valence-corrected chi connectivity index (χ3v) is 2.12. The van der Waals surface area contributed by atoms with Crippen molar-refractivity contribution in [3.8, 4) is 0 Å². The first-order valence-corrected chi connectivity index (χ1v) is 4.27. The highest BCUT2D eigenvalue weighted by Gasteiger charge is 2.24. The topological polar surface area (TPSA) is 59.0 Å². The first-order chi connectivity index (χ1) is 6.25. The molecule has 70 valence electrons. The number of carbonyl (C=O) groups is 1. The van der Waals surface area contributed by atoms with Crippen LogP contribution in [0.2, 0.25) is 0 Å². The number of rotatable bonds is 2. The van der Waals surface area contributed by atoms with Crippen molar-refractivity contribution in [2.24, 2.45) is 13.0 Å². The molecule has 0 bridgehead atoms. The fraction of sp³-hybridized carbons (Fsp3) is 0.500. The average molecular weight is 180 g/mol. The Kier molecular flexibility index (Phi) is 2.02. The number of aromatic nitrogens is 2. The summed E-state index contributed by atoms with van der Waals surface area (Å²) in [7, 11) is 1.82. The van der Waals surface area contributed by atoms with Crippen LogP contribution in [0.4, 0.5) is 5.82 Å². The lowest BCUT2D eigenvalue weighted by atomic mass is 10.0. The standard InChI is InChI=1S/C8H12N4O/c1-12-3-2-7(11-12)10-8(13)6-4-9-5-6/h2-3,6,9H,4-5H2,1H3,(H,10,11,13). The molecule has 0 spiro atoms. The summed E-state index contributed by atoms with van der Waals surface area (Å²) in [5.74, 6) is 0.791. The van der Waals surface area contributed by atoms with Crippen LogP contribution in [0.15, 0.2) is 12.3 Å².